The summed E-state index contributed by atoms with van der Waals surface area (Å²) in [6, 6.07) is 11.3. The molecule has 0 radical (unpaired) electrons. The van der Waals surface area contributed by atoms with E-state index in [0.29, 0.717) is 6.04 Å². The van der Waals surface area contributed by atoms with Crippen LogP contribution in [0.3, 0.4) is 0 Å². The minimum Gasteiger partial charge on any atom is -0.309 e. The van der Waals surface area contributed by atoms with Crippen molar-refractivity contribution in [1.82, 2.24) is 10.3 Å². The normalized spacial score (nSPS) is 22.5. The van der Waals surface area contributed by atoms with E-state index < -0.39 is 0 Å². The number of hydrogen-bond acceptors (Lipinski definition) is 3. The van der Waals surface area contributed by atoms with Crippen LogP contribution in [0.1, 0.15) is 30.5 Å². The monoisotopic (exact) mass is 286 g/mol. The fourth-order valence-electron chi connectivity index (χ4n) is 3.22. The second-order valence-corrected chi connectivity index (χ2v) is 6.71. The van der Waals surface area contributed by atoms with Crippen molar-refractivity contribution in [1.29, 1.82) is 0 Å². The number of nitrogens with zero attached hydrogens (tertiary/aromatic N) is 1. The molecule has 1 aromatic heterocycles. The van der Waals surface area contributed by atoms with Gasteiger partial charge in [0.15, 0.2) is 0 Å². The lowest BCUT2D eigenvalue weighted by Gasteiger charge is -2.20. The molecule has 0 aliphatic heterocycles. The molecule has 0 spiro atoms. The van der Waals surface area contributed by atoms with E-state index in [9.17, 15) is 0 Å². The van der Waals surface area contributed by atoms with Crippen LogP contribution in [-0.4, -0.2) is 22.5 Å². The molecule has 1 saturated carbocycles. The third-order valence-corrected chi connectivity index (χ3v) is 5.41. The lowest BCUT2D eigenvalue weighted by Crippen LogP contribution is -2.33. The van der Waals surface area contributed by atoms with E-state index in [1.807, 2.05) is 11.8 Å². The lowest BCUT2D eigenvalue weighted by atomic mass is 10.1. The van der Waals surface area contributed by atoms with Crippen LogP contribution in [0.25, 0.3) is 10.9 Å². The van der Waals surface area contributed by atoms with Crippen LogP contribution in [0.5, 0.6) is 0 Å². The Balaban J connectivity index is 1.80. The number of aromatic nitrogens is 1. The Morgan fingerprint density at radius 2 is 2.15 bits per heavy atom. The van der Waals surface area contributed by atoms with Gasteiger partial charge in [-0.3, -0.25) is 4.98 Å². The minimum atomic E-state index is 0.664. The molecular weight excluding hydrogens is 264 g/mol. The molecule has 3 heteroatoms. The summed E-state index contributed by atoms with van der Waals surface area (Å²) >= 11 is 2.01. The van der Waals surface area contributed by atoms with Gasteiger partial charge in [-0.15, -0.1) is 0 Å². The highest BCUT2D eigenvalue weighted by Gasteiger charge is 2.25. The second-order valence-electron chi connectivity index (χ2n) is 5.63. The molecule has 0 saturated heterocycles. The van der Waals surface area contributed by atoms with Crippen molar-refractivity contribution in [2.24, 2.45) is 0 Å². The van der Waals surface area contributed by atoms with Gasteiger partial charge in [0.2, 0.25) is 0 Å². The van der Waals surface area contributed by atoms with E-state index in [0.717, 1.165) is 23.0 Å². The molecule has 2 unspecified atom stereocenters. The smallest absolute Gasteiger partial charge is 0.0708 e. The average molecular weight is 286 g/mol. The Labute approximate surface area is 125 Å². The number of thioether (sulfide) groups is 1. The van der Waals surface area contributed by atoms with Gasteiger partial charge < -0.3 is 5.32 Å². The van der Waals surface area contributed by atoms with Crippen LogP contribution in [0, 0.1) is 6.92 Å². The summed E-state index contributed by atoms with van der Waals surface area (Å²) in [5.41, 5.74) is 3.59. The SMILES string of the molecule is CSC1CCCC1NCc1cc(C)nc2ccccc12. The number of rotatable bonds is 4. The summed E-state index contributed by atoms with van der Waals surface area (Å²) in [6.45, 7) is 3.03. The molecule has 2 nitrogen and oxygen atoms in total. The van der Waals surface area contributed by atoms with E-state index in [1.54, 1.807) is 0 Å². The molecule has 3 rings (SSSR count). The predicted octanol–water partition coefficient (Wildman–Crippen LogP) is 3.92. The number of pyridine rings is 1. The summed E-state index contributed by atoms with van der Waals surface area (Å²) in [5, 5.41) is 5.83. The van der Waals surface area contributed by atoms with Gasteiger partial charge in [-0.2, -0.15) is 11.8 Å². The van der Waals surface area contributed by atoms with Crippen molar-refractivity contribution in [3.8, 4) is 0 Å². The topological polar surface area (TPSA) is 24.9 Å². The average Bonchev–Trinajstić information content (AvgIpc) is 2.92. The molecule has 20 heavy (non-hydrogen) atoms. The zero-order chi connectivity index (χ0) is 13.9. The molecule has 0 amide bonds. The van der Waals surface area contributed by atoms with E-state index >= 15 is 0 Å². The van der Waals surface area contributed by atoms with Crippen LogP contribution in [0.15, 0.2) is 30.3 Å². The van der Waals surface area contributed by atoms with Gasteiger partial charge in [0.05, 0.1) is 5.52 Å². The maximum absolute atomic E-state index is 4.62. The van der Waals surface area contributed by atoms with Gasteiger partial charge >= 0.3 is 0 Å². The Morgan fingerprint density at radius 1 is 1.30 bits per heavy atom. The largest absolute Gasteiger partial charge is 0.309 e. The van der Waals surface area contributed by atoms with Gasteiger partial charge in [-0.05, 0) is 43.7 Å². The minimum absolute atomic E-state index is 0.664. The van der Waals surface area contributed by atoms with Crippen LogP contribution in [0.2, 0.25) is 0 Å². The van der Waals surface area contributed by atoms with Crippen molar-refractivity contribution in [2.45, 2.75) is 44.0 Å². The number of hydrogen-bond donors (Lipinski definition) is 1. The number of benzene rings is 1. The van der Waals surface area contributed by atoms with Crippen LogP contribution in [-0.2, 0) is 6.54 Å². The first-order chi connectivity index (χ1) is 9.78. The van der Waals surface area contributed by atoms with Crippen molar-refractivity contribution < 1.29 is 0 Å². The molecule has 1 aliphatic carbocycles. The van der Waals surface area contributed by atoms with E-state index in [4.69, 9.17) is 0 Å². The zero-order valence-electron chi connectivity index (χ0n) is 12.2. The second kappa shape index (κ2) is 6.15. The van der Waals surface area contributed by atoms with Crippen LogP contribution >= 0.6 is 11.8 Å². The van der Waals surface area contributed by atoms with Crippen molar-refractivity contribution >= 4 is 22.7 Å². The number of nitrogens with one attached hydrogen (secondary N) is 1. The Bertz CT molecular complexity index is 597. The Morgan fingerprint density at radius 3 is 3.00 bits per heavy atom. The highest BCUT2D eigenvalue weighted by Crippen LogP contribution is 2.29. The van der Waals surface area contributed by atoms with Gasteiger partial charge in [0.25, 0.3) is 0 Å². The fourth-order valence-corrected chi connectivity index (χ4v) is 4.19. The van der Waals surface area contributed by atoms with Crippen molar-refractivity contribution in [2.75, 3.05) is 6.26 Å². The van der Waals surface area contributed by atoms with Gasteiger partial charge in [-0.25, -0.2) is 0 Å². The fraction of sp³-hybridized carbons (Fsp3) is 0.471. The number of aryl methyl sites for hydroxylation is 1. The molecule has 1 heterocycles. The summed E-state index contributed by atoms with van der Waals surface area (Å²) in [7, 11) is 0. The molecule has 1 fully saturated rings. The molecule has 2 aromatic rings. The van der Waals surface area contributed by atoms with E-state index in [-0.39, 0.29) is 0 Å². The molecule has 1 aliphatic rings. The standard InChI is InChI=1S/C17H22N2S/c1-12-10-13(14-6-3-4-7-15(14)19-12)11-18-16-8-5-9-17(16)20-2/h3-4,6-7,10,16-18H,5,8-9,11H2,1-2H3. The summed E-state index contributed by atoms with van der Waals surface area (Å²) in [6.07, 6.45) is 6.26. The molecular formula is C17H22N2S. The molecule has 106 valence electrons. The third kappa shape index (κ3) is 2.84. The van der Waals surface area contributed by atoms with Gasteiger partial charge in [0.1, 0.15) is 0 Å². The zero-order valence-corrected chi connectivity index (χ0v) is 13.0. The molecule has 1 aromatic carbocycles. The highest BCUT2D eigenvalue weighted by molar-refractivity contribution is 7.99. The van der Waals surface area contributed by atoms with E-state index in [1.165, 1.54) is 30.2 Å². The van der Waals surface area contributed by atoms with Crippen molar-refractivity contribution in [3.63, 3.8) is 0 Å². The quantitative estimate of drug-likeness (QED) is 0.922. The summed E-state index contributed by atoms with van der Waals surface area (Å²) < 4.78 is 0. The first-order valence-electron chi connectivity index (χ1n) is 7.39. The summed E-state index contributed by atoms with van der Waals surface area (Å²) in [5.74, 6) is 0. The molecule has 1 N–H and O–H groups in total. The predicted molar refractivity (Wildman–Crippen MR) is 88.3 cm³/mol. The van der Waals surface area contributed by atoms with Crippen molar-refractivity contribution in [3.05, 3.63) is 41.6 Å². The maximum Gasteiger partial charge on any atom is 0.0708 e. The molecule has 0 bridgehead atoms. The Kier molecular flexibility index (Phi) is 4.27. The number of fused-ring (bicyclic) bond motifs is 1. The lowest BCUT2D eigenvalue weighted by molar-refractivity contribution is 0.533. The summed E-state index contributed by atoms with van der Waals surface area (Å²) in [4.78, 5) is 4.62. The first-order valence-corrected chi connectivity index (χ1v) is 8.68. The number of para-hydroxylation sites is 1. The Hall–Kier alpha value is -1.06. The van der Waals surface area contributed by atoms with Gasteiger partial charge in [-0.1, -0.05) is 24.6 Å². The van der Waals surface area contributed by atoms with Gasteiger partial charge in [0, 0.05) is 28.9 Å². The highest BCUT2D eigenvalue weighted by atomic mass is 32.2. The first kappa shape index (κ1) is 13.9. The molecule has 2 atom stereocenters. The van der Waals surface area contributed by atoms with Crippen LogP contribution < -0.4 is 5.32 Å². The maximum atomic E-state index is 4.62. The van der Waals surface area contributed by atoms with Crippen LogP contribution in [0.4, 0.5) is 0 Å². The van der Waals surface area contributed by atoms with E-state index in [2.05, 4.69) is 53.8 Å². The third-order valence-electron chi connectivity index (χ3n) is 4.24.